The maximum atomic E-state index is 12.1. The van der Waals surface area contributed by atoms with Crippen LogP contribution in [-0.4, -0.2) is 11.6 Å². The number of benzene rings is 1. The van der Waals surface area contributed by atoms with Crippen LogP contribution in [-0.2, 0) is 4.79 Å². The quantitative estimate of drug-likeness (QED) is 0.562. The molecular weight excluding hydrogens is 200 g/mol. The van der Waals surface area contributed by atoms with Gasteiger partial charge in [-0.2, -0.15) is 0 Å². The van der Waals surface area contributed by atoms with Gasteiger partial charge in [0.2, 0.25) is 0 Å². The van der Waals surface area contributed by atoms with Gasteiger partial charge in [-0.15, -0.1) is 0 Å². The first-order chi connectivity index (χ1) is 7.52. The average molecular weight is 218 g/mol. The van der Waals surface area contributed by atoms with Gasteiger partial charge in [0.05, 0.1) is 5.92 Å². The third-order valence-electron chi connectivity index (χ3n) is 2.57. The summed E-state index contributed by atoms with van der Waals surface area (Å²) in [6.45, 7) is 5.54. The Bertz CT molecular complexity index is 366. The minimum Gasteiger partial charge on any atom is -0.299 e. The van der Waals surface area contributed by atoms with Crippen LogP contribution in [0.15, 0.2) is 30.3 Å². The molecule has 16 heavy (non-hydrogen) atoms. The molecule has 1 aromatic rings. The molecular formula is C14H18O2. The standard InChI is InChI=1S/C14H18O2/c1-10(2)9-13(11(3)15)14(16)12-7-5-4-6-8-12/h4-8,10,13H,9H2,1-3H3/t13-/m1/s1. The molecule has 2 heteroatoms. The van der Waals surface area contributed by atoms with E-state index in [1.165, 1.54) is 6.92 Å². The van der Waals surface area contributed by atoms with Crippen LogP contribution < -0.4 is 0 Å². The molecule has 0 unspecified atom stereocenters. The number of hydrogen-bond acceptors (Lipinski definition) is 2. The first-order valence-electron chi connectivity index (χ1n) is 5.62. The van der Waals surface area contributed by atoms with Crippen molar-refractivity contribution in [3.8, 4) is 0 Å². The van der Waals surface area contributed by atoms with Crippen LogP contribution in [0.1, 0.15) is 37.6 Å². The van der Waals surface area contributed by atoms with Crippen molar-refractivity contribution in [2.24, 2.45) is 11.8 Å². The lowest BCUT2D eigenvalue weighted by molar-refractivity contribution is -0.119. The molecule has 0 radical (unpaired) electrons. The molecule has 1 rings (SSSR count). The van der Waals surface area contributed by atoms with E-state index in [2.05, 4.69) is 0 Å². The Hall–Kier alpha value is -1.44. The van der Waals surface area contributed by atoms with Gasteiger partial charge in [0.1, 0.15) is 5.78 Å². The van der Waals surface area contributed by atoms with Gasteiger partial charge in [-0.3, -0.25) is 9.59 Å². The fraction of sp³-hybridized carbons (Fsp3) is 0.429. The molecule has 0 amide bonds. The number of carbonyl (C=O) groups is 2. The average Bonchev–Trinajstić information content (AvgIpc) is 2.25. The van der Waals surface area contributed by atoms with Crippen molar-refractivity contribution in [3.63, 3.8) is 0 Å². The predicted molar refractivity (Wildman–Crippen MR) is 64.4 cm³/mol. The van der Waals surface area contributed by atoms with Crippen LogP contribution in [0, 0.1) is 11.8 Å². The molecule has 0 saturated heterocycles. The number of hydrogen-bond donors (Lipinski definition) is 0. The van der Waals surface area contributed by atoms with Crippen LogP contribution in [0.4, 0.5) is 0 Å². The molecule has 0 fully saturated rings. The zero-order chi connectivity index (χ0) is 12.1. The fourth-order valence-electron chi connectivity index (χ4n) is 1.73. The molecule has 0 heterocycles. The minimum absolute atomic E-state index is 0.0393. The number of carbonyl (C=O) groups excluding carboxylic acids is 2. The van der Waals surface area contributed by atoms with Crippen molar-refractivity contribution in [1.29, 1.82) is 0 Å². The molecule has 0 saturated carbocycles. The van der Waals surface area contributed by atoms with Gasteiger partial charge in [0, 0.05) is 5.56 Å². The van der Waals surface area contributed by atoms with Gasteiger partial charge in [-0.25, -0.2) is 0 Å². The Morgan fingerprint density at radius 2 is 1.69 bits per heavy atom. The second-order valence-electron chi connectivity index (χ2n) is 4.52. The molecule has 1 atom stereocenters. The van der Waals surface area contributed by atoms with E-state index in [4.69, 9.17) is 0 Å². The van der Waals surface area contributed by atoms with Crippen LogP contribution in [0.3, 0.4) is 0 Å². The van der Waals surface area contributed by atoms with Gasteiger partial charge < -0.3 is 0 Å². The summed E-state index contributed by atoms with van der Waals surface area (Å²) in [7, 11) is 0. The Morgan fingerprint density at radius 1 is 1.12 bits per heavy atom. The highest BCUT2D eigenvalue weighted by molar-refractivity contribution is 6.10. The molecule has 86 valence electrons. The Morgan fingerprint density at radius 3 is 2.12 bits per heavy atom. The monoisotopic (exact) mass is 218 g/mol. The first-order valence-corrected chi connectivity index (χ1v) is 5.62. The van der Waals surface area contributed by atoms with Crippen molar-refractivity contribution in [2.45, 2.75) is 27.2 Å². The van der Waals surface area contributed by atoms with Gasteiger partial charge in [0.15, 0.2) is 5.78 Å². The largest absolute Gasteiger partial charge is 0.299 e. The summed E-state index contributed by atoms with van der Waals surface area (Å²) < 4.78 is 0. The fourth-order valence-corrected chi connectivity index (χ4v) is 1.73. The van der Waals surface area contributed by atoms with Crippen LogP contribution in [0.2, 0.25) is 0 Å². The predicted octanol–water partition coefficient (Wildman–Crippen LogP) is 3.12. The van der Waals surface area contributed by atoms with Crippen molar-refractivity contribution in [3.05, 3.63) is 35.9 Å². The van der Waals surface area contributed by atoms with Crippen LogP contribution in [0.5, 0.6) is 0 Å². The number of Topliss-reactive ketones (excluding diaryl/α,β-unsaturated/α-hetero) is 2. The molecule has 0 spiro atoms. The van der Waals surface area contributed by atoms with E-state index >= 15 is 0 Å². The summed E-state index contributed by atoms with van der Waals surface area (Å²) in [5.41, 5.74) is 0.628. The van der Waals surface area contributed by atoms with Gasteiger partial charge in [0.25, 0.3) is 0 Å². The van der Waals surface area contributed by atoms with E-state index in [1.54, 1.807) is 12.1 Å². The summed E-state index contributed by atoms with van der Waals surface area (Å²) in [4.78, 5) is 23.6. The van der Waals surface area contributed by atoms with E-state index in [-0.39, 0.29) is 11.6 Å². The normalized spacial score (nSPS) is 12.5. The second-order valence-corrected chi connectivity index (χ2v) is 4.52. The summed E-state index contributed by atoms with van der Waals surface area (Å²) in [6.07, 6.45) is 0.628. The van der Waals surface area contributed by atoms with E-state index in [0.717, 1.165) is 0 Å². The van der Waals surface area contributed by atoms with Gasteiger partial charge in [-0.1, -0.05) is 44.2 Å². The van der Waals surface area contributed by atoms with Crippen LogP contribution in [0.25, 0.3) is 0 Å². The Kier molecular flexibility index (Phi) is 4.41. The summed E-state index contributed by atoms with van der Waals surface area (Å²) in [5, 5.41) is 0. The Labute approximate surface area is 96.7 Å². The smallest absolute Gasteiger partial charge is 0.173 e. The van der Waals surface area contributed by atoms with E-state index in [0.29, 0.717) is 17.9 Å². The minimum atomic E-state index is -0.484. The molecule has 1 aromatic carbocycles. The maximum Gasteiger partial charge on any atom is 0.173 e. The number of rotatable bonds is 5. The van der Waals surface area contributed by atoms with E-state index < -0.39 is 5.92 Å². The lowest BCUT2D eigenvalue weighted by Gasteiger charge is -2.14. The topological polar surface area (TPSA) is 34.1 Å². The zero-order valence-electron chi connectivity index (χ0n) is 10.1. The molecule has 0 aromatic heterocycles. The SMILES string of the molecule is CC(=O)[C@@H](CC(C)C)C(=O)c1ccccc1. The Balaban J connectivity index is 2.88. The summed E-state index contributed by atoms with van der Waals surface area (Å²) in [6, 6.07) is 9.03. The lowest BCUT2D eigenvalue weighted by Crippen LogP contribution is -2.23. The van der Waals surface area contributed by atoms with Gasteiger partial charge in [-0.05, 0) is 19.3 Å². The van der Waals surface area contributed by atoms with E-state index in [9.17, 15) is 9.59 Å². The lowest BCUT2D eigenvalue weighted by atomic mass is 9.87. The first kappa shape index (κ1) is 12.6. The molecule has 0 bridgehead atoms. The van der Waals surface area contributed by atoms with Crippen LogP contribution >= 0.6 is 0 Å². The molecule has 0 aliphatic heterocycles. The molecule has 0 N–H and O–H groups in total. The summed E-state index contributed by atoms with van der Waals surface area (Å²) in [5.74, 6) is -0.228. The molecule has 0 aliphatic carbocycles. The van der Waals surface area contributed by atoms with Crippen molar-refractivity contribution < 1.29 is 9.59 Å². The number of ketones is 2. The highest BCUT2D eigenvalue weighted by atomic mass is 16.1. The third kappa shape index (κ3) is 3.30. The molecule has 0 aliphatic rings. The second kappa shape index (κ2) is 5.59. The van der Waals surface area contributed by atoms with Gasteiger partial charge >= 0.3 is 0 Å². The maximum absolute atomic E-state index is 12.1. The highest BCUT2D eigenvalue weighted by Crippen LogP contribution is 2.18. The molecule has 2 nitrogen and oxygen atoms in total. The third-order valence-corrected chi connectivity index (χ3v) is 2.57. The van der Waals surface area contributed by atoms with Crippen molar-refractivity contribution in [1.82, 2.24) is 0 Å². The van der Waals surface area contributed by atoms with E-state index in [1.807, 2.05) is 32.0 Å². The van der Waals surface area contributed by atoms with Crippen molar-refractivity contribution >= 4 is 11.6 Å². The zero-order valence-corrected chi connectivity index (χ0v) is 10.1. The highest BCUT2D eigenvalue weighted by Gasteiger charge is 2.24. The van der Waals surface area contributed by atoms with Crippen molar-refractivity contribution in [2.75, 3.05) is 0 Å². The summed E-state index contributed by atoms with van der Waals surface area (Å²) >= 11 is 0.